The Balaban J connectivity index is 1.93. The normalized spacial score (nSPS) is 18.4. The number of rotatable bonds is 4. The monoisotopic (exact) mass is 456 g/mol. The molecule has 1 fully saturated rings. The molecule has 1 aliphatic heterocycles. The van der Waals surface area contributed by atoms with Crippen LogP contribution in [0.3, 0.4) is 0 Å². The molecule has 1 aliphatic rings. The fraction of sp³-hybridized carbons (Fsp3) is 0.400. The topological polar surface area (TPSA) is 86.2 Å². The number of aromatic nitrogens is 1. The van der Waals surface area contributed by atoms with Crippen LogP contribution in [0.15, 0.2) is 35.2 Å². The van der Waals surface area contributed by atoms with E-state index >= 15 is 0 Å². The smallest absolute Gasteiger partial charge is 0.259 e. The lowest BCUT2D eigenvalue weighted by Crippen LogP contribution is -2.29. The number of amides is 1. The number of hydrogen-bond acceptors (Lipinski definition) is 5. The standard InChI is InChI=1S/C20H23ClF2N4O2S/c1-13-17(21)12-16(18(25-13)27-9-4-7-20(22,23)8-10-27)19(28)26-14-5-3-6-15(11-14)30(2,24)29/h3,5-6,11-12,24H,4,7-10H2,1-2H3,(H,26,28)/t30-/m1/s1. The van der Waals surface area contributed by atoms with Gasteiger partial charge in [0.2, 0.25) is 5.92 Å². The van der Waals surface area contributed by atoms with Gasteiger partial charge in [0.1, 0.15) is 5.82 Å². The third-order valence-electron chi connectivity index (χ3n) is 4.94. The first-order valence-electron chi connectivity index (χ1n) is 9.41. The fourth-order valence-corrected chi connectivity index (χ4v) is 4.11. The first-order chi connectivity index (χ1) is 14.0. The molecule has 2 aromatic rings. The molecular formula is C20H23ClF2N4O2S. The van der Waals surface area contributed by atoms with Crippen LogP contribution in [0.4, 0.5) is 20.3 Å². The summed E-state index contributed by atoms with van der Waals surface area (Å²) in [6, 6.07) is 7.72. The van der Waals surface area contributed by atoms with Gasteiger partial charge in [-0.1, -0.05) is 17.7 Å². The zero-order chi connectivity index (χ0) is 22.1. The van der Waals surface area contributed by atoms with Crippen LogP contribution in [0.2, 0.25) is 5.02 Å². The Labute approximate surface area is 179 Å². The van der Waals surface area contributed by atoms with Crippen LogP contribution in [0.5, 0.6) is 0 Å². The van der Waals surface area contributed by atoms with E-state index in [1.165, 1.54) is 18.4 Å². The average molecular weight is 457 g/mol. The maximum Gasteiger partial charge on any atom is 0.259 e. The fourth-order valence-electron chi connectivity index (χ4n) is 3.27. The van der Waals surface area contributed by atoms with Crippen LogP contribution < -0.4 is 10.2 Å². The molecule has 1 saturated heterocycles. The van der Waals surface area contributed by atoms with Gasteiger partial charge in [-0.3, -0.25) is 4.79 Å². The van der Waals surface area contributed by atoms with E-state index in [9.17, 15) is 17.8 Å². The number of benzene rings is 1. The summed E-state index contributed by atoms with van der Waals surface area (Å²) in [6.45, 7) is 2.12. The van der Waals surface area contributed by atoms with E-state index in [1.54, 1.807) is 30.0 Å². The molecule has 1 aromatic carbocycles. The van der Waals surface area contributed by atoms with Gasteiger partial charge in [-0.15, -0.1) is 0 Å². The lowest BCUT2D eigenvalue weighted by atomic mass is 10.1. The molecule has 0 spiro atoms. The third-order valence-corrected chi connectivity index (χ3v) is 6.47. The Bertz CT molecular complexity index is 1080. The molecule has 3 rings (SSSR count). The quantitative estimate of drug-likeness (QED) is 0.681. The molecule has 162 valence electrons. The van der Waals surface area contributed by atoms with Gasteiger partial charge in [0.25, 0.3) is 5.91 Å². The first kappa shape index (κ1) is 22.4. The first-order valence-corrected chi connectivity index (χ1v) is 11.8. The molecule has 0 unspecified atom stereocenters. The lowest BCUT2D eigenvalue weighted by Gasteiger charge is -2.24. The summed E-state index contributed by atoms with van der Waals surface area (Å²) < 4.78 is 47.3. The van der Waals surface area contributed by atoms with Crippen molar-refractivity contribution in [1.82, 2.24) is 4.98 Å². The van der Waals surface area contributed by atoms with Gasteiger partial charge >= 0.3 is 0 Å². The molecule has 0 radical (unpaired) electrons. The largest absolute Gasteiger partial charge is 0.356 e. The Morgan fingerprint density at radius 1 is 1.30 bits per heavy atom. The van der Waals surface area contributed by atoms with Gasteiger partial charge in [-0.05, 0) is 37.6 Å². The zero-order valence-electron chi connectivity index (χ0n) is 16.7. The van der Waals surface area contributed by atoms with Crippen LogP contribution in [-0.4, -0.2) is 40.4 Å². The summed E-state index contributed by atoms with van der Waals surface area (Å²) in [5.74, 6) is -2.94. The van der Waals surface area contributed by atoms with Crippen molar-refractivity contribution in [3.05, 3.63) is 46.6 Å². The molecule has 0 saturated carbocycles. The van der Waals surface area contributed by atoms with E-state index in [0.717, 1.165) is 0 Å². The minimum Gasteiger partial charge on any atom is -0.356 e. The number of nitrogens with zero attached hydrogens (tertiary/aromatic N) is 2. The number of anilines is 2. The van der Waals surface area contributed by atoms with Crippen molar-refractivity contribution in [2.24, 2.45) is 0 Å². The summed E-state index contributed by atoms with van der Waals surface area (Å²) in [5, 5.41) is 3.00. The highest BCUT2D eigenvalue weighted by molar-refractivity contribution is 7.91. The highest BCUT2D eigenvalue weighted by Crippen LogP contribution is 2.32. The van der Waals surface area contributed by atoms with E-state index in [-0.39, 0.29) is 36.3 Å². The van der Waals surface area contributed by atoms with Crippen LogP contribution in [0.1, 0.15) is 35.3 Å². The summed E-state index contributed by atoms with van der Waals surface area (Å²) in [5.41, 5.74) is 1.04. The van der Waals surface area contributed by atoms with Crippen LogP contribution in [-0.2, 0) is 9.73 Å². The van der Waals surface area contributed by atoms with Crippen molar-refractivity contribution in [2.75, 3.05) is 29.6 Å². The predicted molar refractivity (Wildman–Crippen MR) is 114 cm³/mol. The molecular weight excluding hydrogens is 434 g/mol. The number of pyridine rings is 1. The molecule has 0 bridgehead atoms. The molecule has 1 amide bonds. The van der Waals surface area contributed by atoms with E-state index in [2.05, 4.69) is 10.3 Å². The molecule has 10 heteroatoms. The van der Waals surface area contributed by atoms with Crippen LogP contribution in [0, 0.1) is 11.7 Å². The SMILES string of the molecule is Cc1nc(N2CCCC(F)(F)CC2)c(C(=O)Nc2cccc([S@](C)(=N)=O)c2)cc1Cl. The number of carbonyl (C=O) groups excluding carboxylic acids is 1. The zero-order valence-corrected chi connectivity index (χ0v) is 18.2. The minimum atomic E-state index is -2.94. The molecule has 2 N–H and O–H groups in total. The van der Waals surface area contributed by atoms with Crippen LogP contribution in [0.25, 0.3) is 0 Å². The van der Waals surface area contributed by atoms with Crippen molar-refractivity contribution < 1.29 is 17.8 Å². The second-order valence-electron chi connectivity index (χ2n) is 7.45. The van der Waals surface area contributed by atoms with E-state index in [1.807, 2.05) is 0 Å². The van der Waals surface area contributed by atoms with Crippen molar-refractivity contribution in [3.8, 4) is 0 Å². The maximum absolute atomic E-state index is 13.8. The minimum absolute atomic E-state index is 0.0770. The van der Waals surface area contributed by atoms with Crippen LogP contribution >= 0.6 is 11.6 Å². The summed E-state index contributed by atoms with van der Waals surface area (Å²) in [4.78, 5) is 19.4. The number of hydrogen-bond donors (Lipinski definition) is 2. The van der Waals surface area contributed by atoms with Gasteiger partial charge in [-0.2, -0.15) is 0 Å². The average Bonchev–Trinajstić information content (AvgIpc) is 2.83. The molecule has 2 heterocycles. The van der Waals surface area contributed by atoms with Gasteiger partial charge in [-0.25, -0.2) is 22.8 Å². The second-order valence-corrected chi connectivity index (χ2v) is 10.0. The molecule has 0 aliphatic carbocycles. The highest BCUT2D eigenvalue weighted by Gasteiger charge is 2.33. The lowest BCUT2D eigenvalue weighted by molar-refractivity contribution is -0.0102. The second kappa shape index (κ2) is 8.47. The van der Waals surface area contributed by atoms with E-state index in [0.29, 0.717) is 28.8 Å². The third kappa shape index (κ3) is 5.26. The van der Waals surface area contributed by atoms with Gasteiger partial charge in [0.05, 0.1) is 26.0 Å². The molecule has 6 nitrogen and oxygen atoms in total. The van der Waals surface area contributed by atoms with Crippen molar-refractivity contribution >= 4 is 38.7 Å². The Kier molecular flexibility index (Phi) is 6.33. The number of nitrogens with one attached hydrogen (secondary N) is 2. The Hall–Kier alpha value is -2.26. The van der Waals surface area contributed by atoms with Crippen molar-refractivity contribution in [3.63, 3.8) is 0 Å². The van der Waals surface area contributed by atoms with Gasteiger partial charge < -0.3 is 10.2 Å². The number of alkyl halides is 2. The Morgan fingerprint density at radius 3 is 2.73 bits per heavy atom. The number of halogens is 3. The molecule has 1 aromatic heterocycles. The number of aryl methyl sites for hydroxylation is 1. The van der Waals surface area contributed by atoms with Crippen molar-refractivity contribution in [2.45, 2.75) is 37.0 Å². The summed E-state index contributed by atoms with van der Waals surface area (Å²) in [6.07, 6.45) is 1.07. The Morgan fingerprint density at radius 2 is 2.03 bits per heavy atom. The number of carbonyl (C=O) groups is 1. The molecule has 1 atom stereocenters. The van der Waals surface area contributed by atoms with Gasteiger partial charge in [0.15, 0.2) is 0 Å². The van der Waals surface area contributed by atoms with E-state index in [4.69, 9.17) is 16.4 Å². The maximum atomic E-state index is 13.8. The van der Waals surface area contributed by atoms with E-state index < -0.39 is 21.6 Å². The highest BCUT2D eigenvalue weighted by atomic mass is 35.5. The summed E-state index contributed by atoms with van der Waals surface area (Å²) >= 11 is 6.19. The summed E-state index contributed by atoms with van der Waals surface area (Å²) in [7, 11) is -2.94. The molecule has 30 heavy (non-hydrogen) atoms. The predicted octanol–water partition coefficient (Wildman–Crippen LogP) is 4.96. The van der Waals surface area contributed by atoms with Gasteiger partial charge in [0, 0.05) is 42.8 Å². The van der Waals surface area contributed by atoms with Crippen molar-refractivity contribution in [1.29, 1.82) is 4.78 Å².